The van der Waals surface area contributed by atoms with Gasteiger partial charge in [-0.2, -0.15) is 8.42 Å². The Morgan fingerprint density at radius 3 is 2.68 bits per heavy atom. The van der Waals surface area contributed by atoms with Crippen LogP contribution >= 0.6 is 0 Å². The highest BCUT2D eigenvalue weighted by atomic mass is 32.3. The van der Waals surface area contributed by atoms with E-state index < -0.39 is 33.8 Å². The van der Waals surface area contributed by atoms with Crippen molar-refractivity contribution in [1.82, 2.24) is 0 Å². The van der Waals surface area contributed by atoms with Crippen LogP contribution in [-0.2, 0) is 31.0 Å². The van der Waals surface area contributed by atoms with Crippen molar-refractivity contribution in [3.05, 3.63) is 29.8 Å². The first-order valence-corrected chi connectivity index (χ1v) is 8.25. The normalized spacial score (nSPS) is 18.5. The highest BCUT2D eigenvalue weighted by molar-refractivity contribution is 7.87. The van der Waals surface area contributed by atoms with Crippen LogP contribution in [0.4, 0.5) is 9.57 Å². The lowest BCUT2D eigenvalue weighted by molar-refractivity contribution is -0.142. The summed E-state index contributed by atoms with van der Waals surface area (Å²) < 4.78 is 39.9. The predicted octanol–water partition coefficient (Wildman–Crippen LogP) is 1.20. The fraction of sp³-hybridized carbons (Fsp3) is 0.429. The molecule has 1 aliphatic rings. The van der Waals surface area contributed by atoms with E-state index in [0.29, 0.717) is 11.3 Å². The van der Waals surface area contributed by atoms with Crippen molar-refractivity contribution in [1.29, 1.82) is 0 Å². The van der Waals surface area contributed by atoms with Crippen molar-refractivity contribution in [3.8, 4) is 0 Å². The van der Waals surface area contributed by atoms with Crippen LogP contribution in [0.25, 0.3) is 0 Å². The summed E-state index contributed by atoms with van der Waals surface area (Å²) in [6.07, 6.45) is -0.437. The number of rotatable bonds is 5. The molecule has 0 N–H and O–H groups in total. The van der Waals surface area contributed by atoms with Gasteiger partial charge in [0.2, 0.25) is 5.91 Å². The molecular formula is C14H16FNO5S. The molecule has 1 aromatic carbocycles. The van der Waals surface area contributed by atoms with Crippen molar-refractivity contribution in [2.75, 3.05) is 18.1 Å². The maximum atomic E-state index is 13.1. The largest absolute Gasteiger partial charge is 0.466 e. The van der Waals surface area contributed by atoms with Crippen LogP contribution in [0.3, 0.4) is 0 Å². The topological polar surface area (TPSA) is 80.8 Å². The number of hydrogen-bond donors (Lipinski definition) is 0. The molecule has 0 saturated carbocycles. The second-order valence-corrected chi connectivity index (χ2v) is 6.53. The minimum Gasteiger partial charge on any atom is -0.466 e. The maximum Gasteiger partial charge on any atom is 0.310 e. The summed E-state index contributed by atoms with van der Waals surface area (Å²) in [7, 11) is -4.78. The molecule has 1 aliphatic heterocycles. The molecular weight excluding hydrogens is 313 g/mol. The zero-order valence-corrected chi connectivity index (χ0v) is 12.8. The van der Waals surface area contributed by atoms with E-state index >= 15 is 0 Å². The van der Waals surface area contributed by atoms with Crippen LogP contribution in [0.5, 0.6) is 0 Å². The number of halogens is 1. The molecule has 1 aromatic rings. The summed E-state index contributed by atoms with van der Waals surface area (Å²) in [5, 5.41) is -1.37. The Bertz CT molecular complexity index is 688. The van der Waals surface area contributed by atoms with Gasteiger partial charge in [0.05, 0.1) is 13.0 Å². The van der Waals surface area contributed by atoms with Crippen LogP contribution in [0.1, 0.15) is 18.9 Å². The lowest BCUT2D eigenvalue weighted by Gasteiger charge is -2.19. The average molecular weight is 329 g/mol. The Morgan fingerprint density at radius 1 is 1.41 bits per heavy atom. The minimum atomic E-state index is -4.78. The summed E-state index contributed by atoms with van der Waals surface area (Å²) in [5.74, 6) is -0.932. The molecule has 0 aliphatic carbocycles. The Balaban J connectivity index is 2.26. The van der Waals surface area contributed by atoms with E-state index in [4.69, 9.17) is 4.74 Å². The number of para-hydroxylation sites is 1. The van der Waals surface area contributed by atoms with Crippen molar-refractivity contribution in [2.24, 2.45) is 0 Å². The van der Waals surface area contributed by atoms with E-state index in [1.807, 2.05) is 0 Å². The third-order valence-corrected chi connectivity index (χ3v) is 4.52. The Labute approximate surface area is 128 Å². The first-order chi connectivity index (χ1) is 10.3. The van der Waals surface area contributed by atoms with Crippen molar-refractivity contribution in [2.45, 2.75) is 25.0 Å². The third-order valence-electron chi connectivity index (χ3n) is 3.41. The Kier molecular flexibility index (Phi) is 4.80. The second-order valence-electron chi connectivity index (χ2n) is 4.92. The number of benzene rings is 1. The third kappa shape index (κ3) is 3.62. The van der Waals surface area contributed by atoms with Gasteiger partial charge < -0.3 is 9.64 Å². The number of esters is 1. The predicted molar refractivity (Wildman–Crippen MR) is 77.6 cm³/mol. The molecule has 0 bridgehead atoms. The van der Waals surface area contributed by atoms with Gasteiger partial charge in [-0.25, -0.2) is 0 Å². The highest BCUT2D eigenvalue weighted by Crippen LogP contribution is 2.29. The molecule has 1 amide bonds. The van der Waals surface area contributed by atoms with Gasteiger partial charge in [-0.3, -0.25) is 9.59 Å². The molecule has 22 heavy (non-hydrogen) atoms. The van der Waals surface area contributed by atoms with Crippen molar-refractivity contribution < 1.29 is 26.6 Å². The zero-order valence-electron chi connectivity index (χ0n) is 12.0. The van der Waals surface area contributed by atoms with Gasteiger partial charge in [0, 0.05) is 18.7 Å². The number of carbonyl (C=O) groups is 2. The van der Waals surface area contributed by atoms with Crippen LogP contribution in [0.2, 0.25) is 0 Å². The van der Waals surface area contributed by atoms with Gasteiger partial charge in [-0.1, -0.05) is 18.2 Å². The van der Waals surface area contributed by atoms with E-state index in [2.05, 4.69) is 0 Å². The van der Waals surface area contributed by atoms with Crippen molar-refractivity contribution >= 4 is 27.8 Å². The molecule has 6 nitrogen and oxygen atoms in total. The standard InChI is InChI=1S/C14H16FNO5S/c1-2-21-14(18)7-10-5-3-4-6-12(10)16-9-11(8-13(16)17)22(15,19)20/h3-6,11H,2,7-9H2,1H3. The molecule has 0 spiro atoms. The molecule has 1 fully saturated rings. The lowest BCUT2D eigenvalue weighted by atomic mass is 10.1. The van der Waals surface area contributed by atoms with Crippen molar-refractivity contribution in [3.63, 3.8) is 0 Å². The first-order valence-electron chi connectivity index (χ1n) is 6.80. The Hall–Kier alpha value is -1.96. The number of anilines is 1. The van der Waals surface area contributed by atoms with Gasteiger partial charge >= 0.3 is 16.2 Å². The molecule has 2 rings (SSSR count). The number of carbonyl (C=O) groups excluding carboxylic acids is 2. The molecule has 1 unspecified atom stereocenters. The summed E-state index contributed by atoms with van der Waals surface area (Å²) in [6, 6.07) is 6.60. The minimum absolute atomic E-state index is 0.0408. The van der Waals surface area contributed by atoms with Crippen LogP contribution in [-0.4, -0.2) is 38.7 Å². The fourth-order valence-electron chi connectivity index (χ4n) is 2.39. The summed E-state index contributed by atoms with van der Waals surface area (Å²) in [6.45, 7) is 1.67. The van der Waals surface area contributed by atoms with Crippen LogP contribution in [0.15, 0.2) is 24.3 Å². The first kappa shape index (κ1) is 16.4. The number of ether oxygens (including phenoxy) is 1. The van der Waals surface area contributed by atoms with Gasteiger partial charge in [0.25, 0.3) is 0 Å². The van der Waals surface area contributed by atoms with E-state index in [-0.39, 0.29) is 19.6 Å². The molecule has 0 radical (unpaired) electrons. The lowest BCUT2D eigenvalue weighted by Crippen LogP contribution is -2.28. The highest BCUT2D eigenvalue weighted by Gasteiger charge is 2.39. The van der Waals surface area contributed by atoms with Gasteiger partial charge in [0.1, 0.15) is 5.25 Å². The van der Waals surface area contributed by atoms with E-state index in [1.165, 1.54) is 4.90 Å². The number of hydrogen-bond acceptors (Lipinski definition) is 5. The zero-order chi connectivity index (χ0) is 16.3. The quantitative estimate of drug-likeness (QED) is 0.599. The van der Waals surface area contributed by atoms with E-state index in [0.717, 1.165) is 0 Å². The summed E-state index contributed by atoms with van der Waals surface area (Å²) in [5.41, 5.74) is 0.943. The molecule has 0 aromatic heterocycles. The SMILES string of the molecule is CCOC(=O)Cc1ccccc1N1CC(S(=O)(=O)F)CC1=O. The number of nitrogens with zero attached hydrogens (tertiary/aromatic N) is 1. The Morgan fingerprint density at radius 2 is 2.09 bits per heavy atom. The van der Waals surface area contributed by atoms with Crippen LogP contribution < -0.4 is 4.90 Å². The van der Waals surface area contributed by atoms with Gasteiger partial charge in [-0.05, 0) is 18.6 Å². The second kappa shape index (κ2) is 6.43. The maximum absolute atomic E-state index is 13.1. The van der Waals surface area contributed by atoms with E-state index in [9.17, 15) is 21.9 Å². The number of amides is 1. The van der Waals surface area contributed by atoms with E-state index in [1.54, 1.807) is 31.2 Å². The monoisotopic (exact) mass is 329 g/mol. The molecule has 120 valence electrons. The average Bonchev–Trinajstić information content (AvgIpc) is 2.81. The molecule has 1 saturated heterocycles. The van der Waals surface area contributed by atoms with Gasteiger partial charge in [-0.15, -0.1) is 3.89 Å². The summed E-state index contributed by atoms with van der Waals surface area (Å²) >= 11 is 0. The molecule has 1 heterocycles. The smallest absolute Gasteiger partial charge is 0.310 e. The fourth-order valence-corrected chi connectivity index (χ4v) is 3.06. The summed E-state index contributed by atoms with van der Waals surface area (Å²) in [4.78, 5) is 24.8. The van der Waals surface area contributed by atoms with Crippen LogP contribution in [0, 0.1) is 0 Å². The molecule has 8 heteroatoms. The van der Waals surface area contributed by atoms with Gasteiger partial charge in [0.15, 0.2) is 0 Å². The molecule has 1 atom stereocenters.